The summed E-state index contributed by atoms with van der Waals surface area (Å²) in [6.45, 7) is 4.12. The minimum Gasteiger partial charge on any atom is -0.356 e. The summed E-state index contributed by atoms with van der Waals surface area (Å²) in [4.78, 5) is 13.0. The molecule has 0 amide bonds. The minimum atomic E-state index is 0.512. The largest absolute Gasteiger partial charge is 0.356 e. The molecule has 1 aromatic carbocycles. The monoisotopic (exact) mass is 361 g/mol. The van der Waals surface area contributed by atoms with Crippen molar-refractivity contribution in [3.05, 3.63) is 59.4 Å². The molecule has 4 aromatic rings. The standard InChI is InChI=1S/C20H19N5S/c1-13-8-14-2-3-15(9-18(14)26-13)20-21-6-4-19(24-20)25-7-5-16(12-25)17-10-22-23-11-17/h2-4,6,8-11,16H,5,7,12H2,1H3,(H,22,23). The van der Waals surface area contributed by atoms with Gasteiger partial charge < -0.3 is 4.90 Å². The molecule has 1 atom stereocenters. The lowest BCUT2D eigenvalue weighted by atomic mass is 10.0. The summed E-state index contributed by atoms with van der Waals surface area (Å²) in [6, 6.07) is 10.7. The average Bonchev–Trinajstić information content (AvgIpc) is 3.40. The Bertz CT molecular complexity index is 1050. The summed E-state index contributed by atoms with van der Waals surface area (Å²) < 4.78 is 1.29. The molecule has 1 fully saturated rings. The fourth-order valence-electron chi connectivity index (χ4n) is 3.69. The van der Waals surface area contributed by atoms with Crippen LogP contribution in [0.3, 0.4) is 0 Å². The van der Waals surface area contributed by atoms with Crippen LogP contribution in [0.5, 0.6) is 0 Å². The summed E-state index contributed by atoms with van der Waals surface area (Å²) in [5, 5.41) is 8.28. The SMILES string of the molecule is Cc1cc2ccc(-c3nccc(N4CCC(c5cn[nH]c5)C4)n3)cc2s1. The molecule has 0 aliphatic carbocycles. The van der Waals surface area contributed by atoms with Crippen LogP contribution in [0.4, 0.5) is 5.82 Å². The second-order valence-electron chi connectivity index (χ2n) is 6.81. The molecule has 1 aliphatic heterocycles. The second kappa shape index (κ2) is 6.21. The predicted octanol–water partition coefficient (Wildman–Crippen LogP) is 4.38. The number of fused-ring (bicyclic) bond motifs is 1. The Morgan fingerprint density at radius 2 is 2.19 bits per heavy atom. The first-order valence-corrected chi connectivity index (χ1v) is 9.65. The van der Waals surface area contributed by atoms with Gasteiger partial charge in [-0.15, -0.1) is 11.3 Å². The topological polar surface area (TPSA) is 57.7 Å². The Kier molecular flexibility index (Phi) is 3.71. The third-order valence-corrected chi connectivity index (χ3v) is 6.06. The van der Waals surface area contributed by atoms with E-state index in [-0.39, 0.29) is 0 Å². The fourth-order valence-corrected chi connectivity index (χ4v) is 4.66. The molecule has 5 rings (SSSR count). The van der Waals surface area contributed by atoms with Gasteiger partial charge in [0.05, 0.1) is 6.20 Å². The third kappa shape index (κ3) is 2.76. The maximum atomic E-state index is 4.85. The first-order chi connectivity index (χ1) is 12.8. The molecule has 0 spiro atoms. The van der Waals surface area contributed by atoms with Crippen molar-refractivity contribution >= 4 is 27.2 Å². The van der Waals surface area contributed by atoms with Crippen molar-refractivity contribution in [3.63, 3.8) is 0 Å². The average molecular weight is 361 g/mol. The number of H-pyrrole nitrogens is 1. The van der Waals surface area contributed by atoms with Gasteiger partial charge in [0, 0.05) is 46.5 Å². The number of nitrogens with one attached hydrogen (secondary N) is 1. The summed E-state index contributed by atoms with van der Waals surface area (Å²) in [5.41, 5.74) is 2.35. The lowest BCUT2D eigenvalue weighted by molar-refractivity contribution is 0.775. The molecular formula is C20H19N5S. The molecule has 1 unspecified atom stereocenters. The van der Waals surface area contributed by atoms with E-state index in [4.69, 9.17) is 4.98 Å². The smallest absolute Gasteiger partial charge is 0.161 e. The van der Waals surface area contributed by atoms with E-state index in [0.717, 1.165) is 36.7 Å². The van der Waals surface area contributed by atoms with Crippen molar-refractivity contribution in [3.8, 4) is 11.4 Å². The van der Waals surface area contributed by atoms with Crippen LogP contribution >= 0.6 is 11.3 Å². The van der Waals surface area contributed by atoms with Gasteiger partial charge in [0.2, 0.25) is 0 Å². The van der Waals surface area contributed by atoms with Gasteiger partial charge >= 0.3 is 0 Å². The number of aromatic nitrogens is 4. The molecule has 1 saturated heterocycles. The first kappa shape index (κ1) is 15.5. The number of aromatic amines is 1. The molecular weight excluding hydrogens is 342 g/mol. The molecule has 0 saturated carbocycles. The normalized spacial score (nSPS) is 17.3. The van der Waals surface area contributed by atoms with Gasteiger partial charge in [-0.2, -0.15) is 5.10 Å². The maximum absolute atomic E-state index is 4.85. The number of aryl methyl sites for hydroxylation is 1. The zero-order chi connectivity index (χ0) is 17.5. The highest BCUT2D eigenvalue weighted by Crippen LogP contribution is 2.31. The number of nitrogens with zero attached hydrogens (tertiary/aromatic N) is 4. The molecule has 0 bridgehead atoms. The zero-order valence-electron chi connectivity index (χ0n) is 14.5. The van der Waals surface area contributed by atoms with E-state index < -0.39 is 0 Å². The van der Waals surface area contributed by atoms with Crippen LogP contribution in [0.1, 0.15) is 22.8 Å². The molecule has 5 nitrogen and oxygen atoms in total. The summed E-state index contributed by atoms with van der Waals surface area (Å²) in [7, 11) is 0. The van der Waals surface area contributed by atoms with Crippen LogP contribution in [-0.2, 0) is 0 Å². The molecule has 26 heavy (non-hydrogen) atoms. The Hall–Kier alpha value is -2.73. The summed E-state index contributed by atoms with van der Waals surface area (Å²) >= 11 is 1.81. The van der Waals surface area contributed by atoms with E-state index in [1.807, 2.05) is 36.0 Å². The van der Waals surface area contributed by atoms with Crippen molar-refractivity contribution in [1.82, 2.24) is 20.2 Å². The van der Waals surface area contributed by atoms with Crippen LogP contribution in [0.15, 0.2) is 48.9 Å². The van der Waals surface area contributed by atoms with Gasteiger partial charge in [0.1, 0.15) is 5.82 Å². The van der Waals surface area contributed by atoms with Crippen molar-refractivity contribution < 1.29 is 0 Å². The highest BCUT2D eigenvalue weighted by Gasteiger charge is 2.25. The van der Waals surface area contributed by atoms with E-state index in [1.54, 1.807) is 0 Å². The number of hydrogen-bond acceptors (Lipinski definition) is 5. The highest BCUT2D eigenvalue weighted by atomic mass is 32.1. The van der Waals surface area contributed by atoms with Gasteiger partial charge in [-0.3, -0.25) is 5.10 Å². The molecule has 6 heteroatoms. The van der Waals surface area contributed by atoms with Crippen molar-refractivity contribution in [2.75, 3.05) is 18.0 Å². The van der Waals surface area contributed by atoms with E-state index in [2.05, 4.69) is 51.3 Å². The minimum absolute atomic E-state index is 0.512. The third-order valence-electron chi connectivity index (χ3n) is 5.05. The van der Waals surface area contributed by atoms with Crippen molar-refractivity contribution in [2.45, 2.75) is 19.3 Å². The molecule has 1 aliphatic rings. The Balaban J connectivity index is 1.43. The van der Waals surface area contributed by atoms with E-state index >= 15 is 0 Å². The van der Waals surface area contributed by atoms with Crippen LogP contribution < -0.4 is 4.90 Å². The van der Waals surface area contributed by atoms with E-state index in [0.29, 0.717) is 5.92 Å². The number of thiophene rings is 1. The highest BCUT2D eigenvalue weighted by molar-refractivity contribution is 7.19. The van der Waals surface area contributed by atoms with Crippen LogP contribution in [0.2, 0.25) is 0 Å². The number of rotatable bonds is 3. The molecule has 0 radical (unpaired) electrons. The van der Waals surface area contributed by atoms with Gasteiger partial charge in [-0.05, 0) is 42.5 Å². The van der Waals surface area contributed by atoms with Gasteiger partial charge in [-0.1, -0.05) is 12.1 Å². The Labute approximate surface area is 155 Å². The zero-order valence-corrected chi connectivity index (χ0v) is 15.3. The fraction of sp³-hybridized carbons (Fsp3) is 0.250. The first-order valence-electron chi connectivity index (χ1n) is 8.83. The second-order valence-corrected chi connectivity index (χ2v) is 8.10. The summed E-state index contributed by atoms with van der Waals surface area (Å²) in [6.07, 6.45) is 6.92. The summed E-state index contributed by atoms with van der Waals surface area (Å²) in [5.74, 6) is 2.31. The van der Waals surface area contributed by atoms with Gasteiger partial charge in [0.15, 0.2) is 5.82 Å². The van der Waals surface area contributed by atoms with Crippen molar-refractivity contribution in [2.24, 2.45) is 0 Å². The molecule has 1 N–H and O–H groups in total. The lowest BCUT2D eigenvalue weighted by Gasteiger charge is -2.17. The van der Waals surface area contributed by atoms with Crippen molar-refractivity contribution in [1.29, 1.82) is 0 Å². The quantitative estimate of drug-likeness (QED) is 0.588. The van der Waals surface area contributed by atoms with Crippen LogP contribution in [-0.4, -0.2) is 33.3 Å². The predicted molar refractivity (Wildman–Crippen MR) is 106 cm³/mol. The number of anilines is 1. The van der Waals surface area contributed by atoms with Crippen LogP contribution in [0, 0.1) is 6.92 Å². The number of hydrogen-bond donors (Lipinski definition) is 1. The lowest BCUT2D eigenvalue weighted by Crippen LogP contribution is -2.20. The molecule has 3 aromatic heterocycles. The van der Waals surface area contributed by atoms with Crippen LogP contribution in [0.25, 0.3) is 21.5 Å². The van der Waals surface area contributed by atoms with E-state index in [9.17, 15) is 0 Å². The maximum Gasteiger partial charge on any atom is 0.161 e. The number of benzene rings is 1. The van der Waals surface area contributed by atoms with E-state index in [1.165, 1.54) is 20.5 Å². The Morgan fingerprint density at radius 3 is 3.08 bits per heavy atom. The molecule has 4 heterocycles. The Morgan fingerprint density at radius 1 is 1.23 bits per heavy atom. The molecule has 130 valence electrons. The van der Waals surface area contributed by atoms with Gasteiger partial charge in [0.25, 0.3) is 0 Å². The van der Waals surface area contributed by atoms with Gasteiger partial charge in [-0.25, -0.2) is 9.97 Å².